The zero-order valence-electron chi connectivity index (χ0n) is 32.8. The van der Waals surface area contributed by atoms with Gasteiger partial charge >= 0.3 is 0 Å². The predicted octanol–water partition coefficient (Wildman–Crippen LogP) is 16.2. The molecular formula is C58H38N2. The second-order valence-corrected chi connectivity index (χ2v) is 15.7. The molecule has 0 spiro atoms. The molecule has 0 N–H and O–H groups in total. The summed E-state index contributed by atoms with van der Waals surface area (Å²) in [6.07, 6.45) is 0. The molecule has 2 heteroatoms. The number of aromatic nitrogens is 1. The third-order valence-electron chi connectivity index (χ3n) is 12.3. The maximum Gasteiger partial charge on any atom is 0.0541 e. The monoisotopic (exact) mass is 762 g/mol. The first-order chi connectivity index (χ1) is 29.8. The van der Waals surface area contributed by atoms with Gasteiger partial charge in [-0.15, -0.1) is 0 Å². The van der Waals surface area contributed by atoms with Crippen LogP contribution in [0.3, 0.4) is 0 Å². The Kier molecular flexibility index (Phi) is 7.89. The second kappa shape index (κ2) is 13.9. The molecule has 0 amide bonds. The largest absolute Gasteiger partial charge is 0.310 e. The number of fused-ring (bicyclic) bond motifs is 3. The van der Waals surface area contributed by atoms with E-state index >= 15 is 0 Å². The Labute approximate surface area is 348 Å². The minimum atomic E-state index is 1.11. The summed E-state index contributed by atoms with van der Waals surface area (Å²) in [5.41, 5.74) is 14.2. The van der Waals surface area contributed by atoms with Crippen LogP contribution in [-0.2, 0) is 0 Å². The molecule has 1 heterocycles. The maximum atomic E-state index is 2.42. The van der Waals surface area contributed by atoms with Gasteiger partial charge in [0.25, 0.3) is 0 Å². The van der Waals surface area contributed by atoms with Crippen LogP contribution in [0.1, 0.15) is 0 Å². The van der Waals surface area contributed by atoms with Gasteiger partial charge in [0.15, 0.2) is 0 Å². The SMILES string of the molecule is c1ccc(-c2ccc(N(c3ccc(-c4ccccc4)cc3)c3ccc4ccc5c(-c6ccc7c(c6)c6ccccc6n7-c6ccccc6)ccc6ccc3c4c65)cc2)cc1. The molecule has 0 atom stereocenters. The molecule has 60 heavy (non-hydrogen) atoms. The van der Waals surface area contributed by atoms with Gasteiger partial charge in [-0.05, 0) is 121 Å². The quantitative estimate of drug-likeness (QED) is 0.147. The minimum Gasteiger partial charge on any atom is -0.310 e. The summed E-state index contributed by atoms with van der Waals surface area (Å²) in [5.74, 6) is 0. The third kappa shape index (κ3) is 5.50. The summed E-state index contributed by atoms with van der Waals surface area (Å²) in [7, 11) is 0. The summed E-state index contributed by atoms with van der Waals surface area (Å²) in [6, 6.07) is 84.2. The van der Waals surface area contributed by atoms with E-state index in [1.807, 2.05) is 0 Å². The number of rotatable bonds is 7. The molecular weight excluding hydrogens is 725 g/mol. The summed E-state index contributed by atoms with van der Waals surface area (Å²) in [4.78, 5) is 2.42. The fourth-order valence-corrected chi connectivity index (χ4v) is 9.52. The smallest absolute Gasteiger partial charge is 0.0541 e. The van der Waals surface area contributed by atoms with E-state index in [-0.39, 0.29) is 0 Å². The molecule has 0 saturated heterocycles. The Morgan fingerprint density at radius 1 is 0.300 bits per heavy atom. The number of anilines is 3. The van der Waals surface area contributed by atoms with E-state index in [0.29, 0.717) is 0 Å². The van der Waals surface area contributed by atoms with Crippen molar-refractivity contribution in [3.05, 3.63) is 231 Å². The Morgan fingerprint density at radius 2 is 0.783 bits per heavy atom. The van der Waals surface area contributed by atoms with E-state index in [1.54, 1.807) is 0 Å². The first-order valence-electron chi connectivity index (χ1n) is 20.7. The van der Waals surface area contributed by atoms with Gasteiger partial charge in [-0.1, -0.05) is 170 Å². The van der Waals surface area contributed by atoms with Gasteiger partial charge < -0.3 is 9.47 Å². The molecule has 1 aromatic heterocycles. The molecule has 12 rings (SSSR count). The van der Waals surface area contributed by atoms with Gasteiger partial charge in [0.05, 0.1) is 16.7 Å². The van der Waals surface area contributed by atoms with Gasteiger partial charge in [0, 0.05) is 33.2 Å². The number of benzene rings is 11. The average Bonchev–Trinajstić information content (AvgIpc) is 3.66. The average molecular weight is 763 g/mol. The van der Waals surface area contributed by atoms with Crippen LogP contribution in [0.15, 0.2) is 231 Å². The molecule has 0 aliphatic heterocycles. The predicted molar refractivity (Wildman–Crippen MR) is 255 cm³/mol. The van der Waals surface area contributed by atoms with Crippen molar-refractivity contribution in [3.63, 3.8) is 0 Å². The lowest BCUT2D eigenvalue weighted by atomic mass is 9.89. The van der Waals surface area contributed by atoms with Crippen LogP contribution in [0, 0.1) is 0 Å². The first-order valence-corrected chi connectivity index (χ1v) is 20.7. The molecule has 0 aliphatic rings. The maximum absolute atomic E-state index is 2.42. The van der Waals surface area contributed by atoms with Gasteiger partial charge in [0.2, 0.25) is 0 Å². The van der Waals surface area contributed by atoms with Crippen molar-refractivity contribution >= 4 is 71.2 Å². The van der Waals surface area contributed by atoms with Crippen molar-refractivity contribution in [3.8, 4) is 39.1 Å². The Balaban J connectivity index is 1.04. The van der Waals surface area contributed by atoms with Gasteiger partial charge in [-0.25, -0.2) is 0 Å². The highest BCUT2D eigenvalue weighted by Crippen LogP contribution is 2.46. The number of hydrogen-bond acceptors (Lipinski definition) is 1. The Hall–Kier alpha value is -7.94. The van der Waals surface area contributed by atoms with Crippen molar-refractivity contribution in [2.45, 2.75) is 0 Å². The highest BCUT2D eigenvalue weighted by Gasteiger charge is 2.21. The van der Waals surface area contributed by atoms with Crippen molar-refractivity contribution in [1.29, 1.82) is 0 Å². The summed E-state index contributed by atoms with van der Waals surface area (Å²) in [6.45, 7) is 0. The molecule has 11 aromatic carbocycles. The van der Waals surface area contributed by atoms with Crippen LogP contribution >= 0.6 is 0 Å². The van der Waals surface area contributed by atoms with Crippen LogP contribution < -0.4 is 4.90 Å². The summed E-state index contributed by atoms with van der Waals surface area (Å²) in [5, 5.41) is 10.1. The molecule has 0 fully saturated rings. The van der Waals surface area contributed by atoms with Crippen molar-refractivity contribution in [1.82, 2.24) is 4.57 Å². The zero-order chi connectivity index (χ0) is 39.6. The van der Waals surface area contributed by atoms with Crippen LogP contribution in [0.5, 0.6) is 0 Å². The first kappa shape index (κ1) is 34.1. The minimum absolute atomic E-state index is 1.11. The van der Waals surface area contributed by atoms with E-state index in [0.717, 1.165) is 17.1 Å². The topological polar surface area (TPSA) is 8.17 Å². The third-order valence-corrected chi connectivity index (χ3v) is 12.3. The molecule has 0 aliphatic carbocycles. The fourth-order valence-electron chi connectivity index (χ4n) is 9.52. The fraction of sp³-hybridized carbons (Fsp3) is 0. The number of nitrogens with zero attached hydrogens (tertiary/aromatic N) is 2. The lowest BCUT2D eigenvalue weighted by molar-refractivity contribution is 1.18. The van der Waals surface area contributed by atoms with Crippen LogP contribution in [0.2, 0.25) is 0 Å². The number of para-hydroxylation sites is 2. The Bertz CT molecular complexity index is 3410. The Morgan fingerprint density at radius 3 is 1.43 bits per heavy atom. The highest BCUT2D eigenvalue weighted by molar-refractivity contribution is 6.28. The normalized spacial score (nSPS) is 11.7. The van der Waals surface area contributed by atoms with Crippen molar-refractivity contribution in [2.75, 3.05) is 4.90 Å². The van der Waals surface area contributed by atoms with Crippen molar-refractivity contribution in [2.24, 2.45) is 0 Å². The molecule has 280 valence electrons. The van der Waals surface area contributed by atoms with E-state index in [4.69, 9.17) is 0 Å². The van der Waals surface area contributed by atoms with Crippen LogP contribution in [0.25, 0.3) is 93.2 Å². The van der Waals surface area contributed by atoms with Crippen LogP contribution in [-0.4, -0.2) is 4.57 Å². The van der Waals surface area contributed by atoms with E-state index in [2.05, 4.69) is 240 Å². The van der Waals surface area contributed by atoms with E-state index < -0.39 is 0 Å². The second-order valence-electron chi connectivity index (χ2n) is 15.7. The lowest BCUT2D eigenvalue weighted by Crippen LogP contribution is -2.10. The van der Waals surface area contributed by atoms with E-state index in [9.17, 15) is 0 Å². The molecule has 0 saturated carbocycles. The molecule has 0 radical (unpaired) electrons. The highest BCUT2D eigenvalue weighted by atomic mass is 15.1. The van der Waals surface area contributed by atoms with E-state index in [1.165, 1.54) is 93.2 Å². The van der Waals surface area contributed by atoms with Crippen LogP contribution in [0.4, 0.5) is 17.1 Å². The molecule has 2 nitrogen and oxygen atoms in total. The van der Waals surface area contributed by atoms with Gasteiger partial charge in [-0.2, -0.15) is 0 Å². The lowest BCUT2D eigenvalue weighted by Gasteiger charge is -2.28. The summed E-state index contributed by atoms with van der Waals surface area (Å²) >= 11 is 0. The zero-order valence-corrected chi connectivity index (χ0v) is 32.8. The van der Waals surface area contributed by atoms with Gasteiger partial charge in [-0.3, -0.25) is 0 Å². The summed E-state index contributed by atoms with van der Waals surface area (Å²) < 4.78 is 2.39. The molecule has 0 unspecified atom stereocenters. The number of hydrogen-bond donors (Lipinski definition) is 0. The molecule has 0 bridgehead atoms. The van der Waals surface area contributed by atoms with Gasteiger partial charge in [0.1, 0.15) is 0 Å². The van der Waals surface area contributed by atoms with Crippen molar-refractivity contribution < 1.29 is 0 Å². The standard InChI is InChI=1S/C58H38N2/c1-4-12-39(13-5-1)41-20-29-47(30-21-41)59(48-31-22-42(23-32-48)40-14-6-2-7-15-40)55-36-27-44-25-34-51-49(33-24-43-26-35-52(55)58(44)57(43)51)45-28-37-56-53(38-45)50-18-10-11-19-54(50)60(56)46-16-8-3-9-17-46/h1-38H. The molecule has 12 aromatic rings.